The topological polar surface area (TPSA) is 111 Å². The minimum atomic E-state index is -0.412. The van der Waals surface area contributed by atoms with Crippen LogP contribution in [0.15, 0.2) is 48.5 Å². The molecule has 4 N–H and O–H groups in total. The fraction of sp³-hybridized carbons (Fsp3) is 0.348. The first-order valence-corrected chi connectivity index (χ1v) is 10.1. The number of carbonyl (C=O) groups excluding carboxylic acids is 3. The molecule has 7 heteroatoms. The summed E-state index contributed by atoms with van der Waals surface area (Å²) in [5, 5.41) is 5.58. The molecular weight excluding hydrogens is 382 g/mol. The normalized spacial score (nSPS) is 16.6. The van der Waals surface area contributed by atoms with E-state index in [0.717, 1.165) is 16.7 Å². The molecule has 1 heterocycles. The summed E-state index contributed by atoms with van der Waals surface area (Å²) in [4.78, 5) is 35.9. The Hall–Kier alpha value is -3.35. The summed E-state index contributed by atoms with van der Waals surface area (Å²) in [6.45, 7) is 2.36. The summed E-state index contributed by atoms with van der Waals surface area (Å²) in [5.41, 5.74) is 9.61. The lowest BCUT2D eigenvalue weighted by Gasteiger charge is -2.20. The second-order valence-electron chi connectivity index (χ2n) is 7.45. The Bertz CT molecular complexity index is 911. The lowest BCUT2D eigenvalue weighted by atomic mass is 9.98. The van der Waals surface area contributed by atoms with E-state index in [1.807, 2.05) is 48.5 Å². The van der Waals surface area contributed by atoms with Crippen molar-refractivity contribution in [3.63, 3.8) is 0 Å². The summed E-state index contributed by atoms with van der Waals surface area (Å²) in [6, 6.07) is 15.2. The van der Waals surface area contributed by atoms with Gasteiger partial charge in [-0.2, -0.15) is 0 Å². The molecule has 0 aromatic heterocycles. The van der Waals surface area contributed by atoms with E-state index in [9.17, 15) is 14.4 Å². The number of hydrogen-bond donors (Lipinski definition) is 3. The average Bonchev–Trinajstić information content (AvgIpc) is 3.15. The van der Waals surface area contributed by atoms with E-state index >= 15 is 0 Å². The standard InChI is InChI=1S/C23H27N3O4/c1-2-30-22(28)13-20(26-23(29)18-12-21(27)25-14-18)10-15-6-8-16(9-7-15)17-4-3-5-19(24)11-17/h3-9,11,18,20H,2,10,12-14,24H2,1H3,(H,25,27)(H,26,29)/t18?,20-/m1/s1. The molecule has 2 aromatic carbocycles. The van der Waals surface area contributed by atoms with Crippen LogP contribution in [-0.4, -0.2) is 37.0 Å². The third kappa shape index (κ3) is 5.83. The van der Waals surface area contributed by atoms with Crippen LogP contribution in [0, 0.1) is 5.92 Å². The van der Waals surface area contributed by atoms with Crippen LogP contribution in [0.25, 0.3) is 11.1 Å². The number of ether oxygens (including phenoxy) is 1. The predicted molar refractivity (Wildman–Crippen MR) is 114 cm³/mol. The van der Waals surface area contributed by atoms with Crippen molar-refractivity contribution in [2.24, 2.45) is 5.92 Å². The molecule has 2 atom stereocenters. The molecule has 1 aliphatic rings. The van der Waals surface area contributed by atoms with Gasteiger partial charge in [-0.3, -0.25) is 14.4 Å². The maximum absolute atomic E-state index is 12.5. The third-order valence-electron chi connectivity index (χ3n) is 5.07. The maximum Gasteiger partial charge on any atom is 0.307 e. The number of nitrogens with two attached hydrogens (primary N) is 1. The second-order valence-corrected chi connectivity index (χ2v) is 7.45. The van der Waals surface area contributed by atoms with E-state index in [-0.39, 0.29) is 37.2 Å². The highest BCUT2D eigenvalue weighted by Crippen LogP contribution is 2.22. The van der Waals surface area contributed by atoms with E-state index in [1.54, 1.807) is 6.92 Å². The van der Waals surface area contributed by atoms with Crippen LogP contribution in [0.3, 0.4) is 0 Å². The van der Waals surface area contributed by atoms with Gasteiger partial charge < -0.3 is 21.1 Å². The highest BCUT2D eigenvalue weighted by atomic mass is 16.5. The van der Waals surface area contributed by atoms with E-state index in [1.165, 1.54) is 0 Å². The van der Waals surface area contributed by atoms with E-state index < -0.39 is 12.0 Å². The minimum absolute atomic E-state index is 0.0741. The highest BCUT2D eigenvalue weighted by molar-refractivity contribution is 5.89. The first-order chi connectivity index (χ1) is 14.4. The van der Waals surface area contributed by atoms with Crippen LogP contribution in [-0.2, 0) is 25.5 Å². The Morgan fingerprint density at radius 1 is 1.20 bits per heavy atom. The number of rotatable bonds is 8. The van der Waals surface area contributed by atoms with Crippen molar-refractivity contribution in [2.45, 2.75) is 32.2 Å². The van der Waals surface area contributed by atoms with Gasteiger partial charge in [-0.15, -0.1) is 0 Å². The summed E-state index contributed by atoms with van der Waals surface area (Å²) in [5.74, 6) is -1.12. The SMILES string of the molecule is CCOC(=O)C[C@@H](Cc1ccc(-c2cccc(N)c2)cc1)NC(=O)C1CNC(=O)C1. The summed E-state index contributed by atoms with van der Waals surface area (Å²) in [7, 11) is 0. The van der Waals surface area contributed by atoms with Gasteiger partial charge in [0.1, 0.15) is 0 Å². The maximum atomic E-state index is 12.5. The van der Waals surface area contributed by atoms with Crippen molar-refractivity contribution >= 4 is 23.5 Å². The molecule has 1 saturated heterocycles. The quantitative estimate of drug-likeness (QED) is 0.457. The summed E-state index contributed by atoms with van der Waals surface area (Å²) in [6.07, 6.45) is 0.730. The summed E-state index contributed by atoms with van der Waals surface area (Å²) >= 11 is 0. The Morgan fingerprint density at radius 3 is 2.60 bits per heavy atom. The highest BCUT2D eigenvalue weighted by Gasteiger charge is 2.29. The van der Waals surface area contributed by atoms with Crippen molar-refractivity contribution in [3.05, 3.63) is 54.1 Å². The second kappa shape index (κ2) is 9.91. The van der Waals surface area contributed by atoms with Gasteiger partial charge in [0, 0.05) is 24.7 Å². The van der Waals surface area contributed by atoms with Crippen LogP contribution in [0.5, 0.6) is 0 Å². The van der Waals surface area contributed by atoms with Crippen molar-refractivity contribution in [1.29, 1.82) is 0 Å². The predicted octanol–water partition coefficient (Wildman–Crippen LogP) is 2.05. The molecule has 0 aliphatic carbocycles. The molecule has 30 heavy (non-hydrogen) atoms. The van der Waals surface area contributed by atoms with Crippen molar-refractivity contribution in [3.8, 4) is 11.1 Å². The zero-order valence-electron chi connectivity index (χ0n) is 17.0. The van der Waals surface area contributed by atoms with Crippen LogP contribution in [0.4, 0.5) is 5.69 Å². The molecule has 2 aromatic rings. The van der Waals surface area contributed by atoms with Gasteiger partial charge in [0.05, 0.1) is 18.9 Å². The van der Waals surface area contributed by atoms with Crippen molar-refractivity contribution in [2.75, 3.05) is 18.9 Å². The van der Waals surface area contributed by atoms with Crippen molar-refractivity contribution < 1.29 is 19.1 Å². The molecule has 1 aliphatic heterocycles. The largest absolute Gasteiger partial charge is 0.466 e. The number of carbonyl (C=O) groups is 3. The van der Waals surface area contributed by atoms with E-state index in [0.29, 0.717) is 18.7 Å². The fourth-order valence-electron chi connectivity index (χ4n) is 3.54. The number of benzene rings is 2. The van der Waals surface area contributed by atoms with Crippen LogP contribution < -0.4 is 16.4 Å². The minimum Gasteiger partial charge on any atom is -0.466 e. The monoisotopic (exact) mass is 409 g/mol. The first-order valence-electron chi connectivity index (χ1n) is 10.1. The van der Waals surface area contributed by atoms with Crippen LogP contribution in [0.1, 0.15) is 25.3 Å². The number of anilines is 1. The van der Waals surface area contributed by atoms with Crippen LogP contribution in [0.2, 0.25) is 0 Å². The van der Waals surface area contributed by atoms with Gasteiger partial charge in [0.25, 0.3) is 0 Å². The molecule has 1 fully saturated rings. The number of hydrogen-bond acceptors (Lipinski definition) is 5. The van der Waals surface area contributed by atoms with Gasteiger partial charge in [-0.25, -0.2) is 0 Å². The third-order valence-corrected chi connectivity index (χ3v) is 5.07. The smallest absolute Gasteiger partial charge is 0.307 e. The van der Waals surface area contributed by atoms with Crippen LogP contribution >= 0.6 is 0 Å². The molecule has 3 rings (SSSR count). The lowest BCUT2D eigenvalue weighted by molar-refractivity contribution is -0.143. The van der Waals surface area contributed by atoms with Gasteiger partial charge >= 0.3 is 5.97 Å². The molecule has 7 nitrogen and oxygen atoms in total. The molecule has 0 spiro atoms. The number of amides is 2. The number of nitrogens with one attached hydrogen (secondary N) is 2. The van der Waals surface area contributed by atoms with Crippen molar-refractivity contribution in [1.82, 2.24) is 10.6 Å². The zero-order valence-corrected chi connectivity index (χ0v) is 17.0. The number of nitrogen functional groups attached to an aromatic ring is 1. The average molecular weight is 409 g/mol. The molecule has 2 amide bonds. The fourth-order valence-corrected chi connectivity index (χ4v) is 3.54. The molecular formula is C23H27N3O4. The molecule has 0 bridgehead atoms. The van der Waals surface area contributed by atoms with Gasteiger partial charge in [-0.05, 0) is 42.2 Å². The van der Waals surface area contributed by atoms with Gasteiger partial charge in [-0.1, -0.05) is 36.4 Å². The Kier molecular flexibility index (Phi) is 7.06. The van der Waals surface area contributed by atoms with Gasteiger partial charge in [0.2, 0.25) is 11.8 Å². The lowest BCUT2D eigenvalue weighted by Crippen LogP contribution is -2.42. The Morgan fingerprint density at radius 2 is 1.97 bits per heavy atom. The zero-order chi connectivity index (χ0) is 21.5. The van der Waals surface area contributed by atoms with E-state index in [2.05, 4.69) is 10.6 Å². The molecule has 0 saturated carbocycles. The Balaban J connectivity index is 1.69. The van der Waals surface area contributed by atoms with Gasteiger partial charge in [0.15, 0.2) is 0 Å². The molecule has 158 valence electrons. The number of esters is 1. The molecule has 1 unspecified atom stereocenters. The first kappa shape index (κ1) is 21.4. The summed E-state index contributed by atoms with van der Waals surface area (Å²) < 4.78 is 5.05. The van der Waals surface area contributed by atoms with E-state index in [4.69, 9.17) is 10.5 Å². The Labute approximate surface area is 176 Å². The molecule has 0 radical (unpaired) electrons.